The summed E-state index contributed by atoms with van der Waals surface area (Å²) in [6, 6.07) is 12.9. The smallest absolute Gasteiger partial charge is 0.258 e. The fraction of sp³-hybridized carbons (Fsp3) is 0.188. The minimum atomic E-state index is -0.854. The molecule has 0 saturated carbocycles. The van der Waals surface area contributed by atoms with Gasteiger partial charge in [-0.2, -0.15) is 0 Å². The number of benzene rings is 2. The Morgan fingerprint density at radius 2 is 1.90 bits per heavy atom. The number of nitrogens with two attached hydrogens (primary N) is 1. The van der Waals surface area contributed by atoms with Gasteiger partial charge in [-0.25, -0.2) is 4.39 Å². The van der Waals surface area contributed by atoms with Gasteiger partial charge in [0.05, 0.1) is 5.54 Å². The zero-order valence-electron chi connectivity index (χ0n) is 11.6. The van der Waals surface area contributed by atoms with E-state index in [1.165, 1.54) is 12.1 Å². The fourth-order valence-corrected chi connectivity index (χ4v) is 2.10. The molecule has 110 valence electrons. The van der Waals surface area contributed by atoms with E-state index in [0.717, 1.165) is 11.6 Å². The number of rotatable bonds is 4. The maximum atomic E-state index is 13.7. The van der Waals surface area contributed by atoms with E-state index >= 15 is 0 Å². The lowest BCUT2D eigenvalue weighted by Crippen LogP contribution is -2.49. The van der Waals surface area contributed by atoms with Crippen molar-refractivity contribution in [2.24, 2.45) is 5.73 Å². The second-order valence-electron chi connectivity index (χ2n) is 4.99. The number of phenols is 1. The van der Waals surface area contributed by atoms with Gasteiger partial charge in [-0.05, 0) is 24.6 Å². The molecule has 2 aromatic carbocycles. The molecule has 0 bridgehead atoms. The molecule has 0 aliphatic heterocycles. The Kier molecular flexibility index (Phi) is 4.23. The quantitative estimate of drug-likeness (QED) is 0.806. The average molecular weight is 288 g/mol. The number of nitrogens with one attached hydrogen (secondary N) is 1. The van der Waals surface area contributed by atoms with Gasteiger partial charge in [0.2, 0.25) is 0 Å². The lowest BCUT2D eigenvalue weighted by molar-refractivity contribution is 0.0900. The number of amides is 1. The first-order chi connectivity index (χ1) is 9.98. The Labute approximate surface area is 122 Å². The van der Waals surface area contributed by atoms with Crippen molar-refractivity contribution in [3.8, 4) is 5.75 Å². The predicted molar refractivity (Wildman–Crippen MR) is 78.4 cm³/mol. The predicted octanol–water partition coefficient (Wildman–Crippen LogP) is 2.14. The lowest BCUT2D eigenvalue weighted by atomic mass is 9.91. The number of halogens is 1. The minimum absolute atomic E-state index is 0.137. The molecule has 1 amide bonds. The first-order valence-electron chi connectivity index (χ1n) is 6.53. The van der Waals surface area contributed by atoms with Gasteiger partial charge in [0.15, 0.2) is 0 Å². The molecule has 1 atom stereocenters. The summed E-state index contributed by atoms with van der Waals surface area (Å²) in [6.45, 7) is 1.89. The number of carbonyl (C=O) groups is 1. The van der Waals surface area contributed by atoms with Crippen LogP contribution in [0.25, 0.3) is 0 Å². The third-order valence-electron chi connectivity index (χ3n) is 3.43. The molecule has 5 heteroatoms. The van der Waals surface area contributed by atoms with Crippen LogP contribution in [0.15, 0.2) is 48.5 Å². The molecule has 0 aliphatic carbocycles. The highest BCUT2D eigenvalue weighted by molar-refractivity contribution is 5.97. The van der Waals surface area contributed by atoms with E-state index in [9.17, 15) is 14.3 Å². The number of hydrogen-bond acceptors (Lipinski definition) is 3. The van der Waals surface area contributed by atoms with E-state index < -0.39 is 23.0 Å². The third kappa shape index (κ3) is 3.03. The highest BCUT2D eigenvalue weighted by Crippen LogP contribution is 2.24. The molecule has 0 spiro atoms. The van der Waals surface area contributed by atoms with E-state index in [1.54, 1.807) is 6.92 Å². The second kappa shape index (κ2) is 5.93. The second-order valence-corrected chi connectivity index (χ2v) is 4.99. The normalized spacial score (nSPS) is 13.5. The topological polar surface area (TPSA) is 75.3 Å². The highest BCUT2D eigenvalue weighted by Gasteiger charge is 2.29. The molecule has 0 aromatic heterocycles. The van der Waals surface area contributed by atoms with Crippen LogP contribution in [0, 0.1) is 5.82 Å². The van der Waals surface area contributed by atoms with Crippen LogP contribution in [0.1, 0.15) is 22.8 Å². The van der Waals surface area contributed by atoms with E-state index in [4.69, 9.17) is 5.73 Å². The van der Waals surface area contributed by atoms with Crippen molar-refractivity contribution in [1.82, 2.24) is 5.32 Å². The van der Waals surface area contributed by atoms with Crippen LogP contribution in [0.4, 0.5) is 4.39 Å². The SMILES string of the molecule is CC(CN)(NC(=O)c1c(O)cccc1F)c1ccccc1. The molecule has 2 aromatic rings. The molecular formula is C16H17FN2O2. The van der Waals surface area contributed by atoms with Crippen molar-refractivity contribution in [3.05, 3.63) is 65.5 Å². The van der Waals surface area contributed by atoms with Crippen LogP contribution in [-0.4, -0.2) is 17.6 Å². The summed E-state index contributed by atoms with van der Waals surface area (Å²) in [4.78, 5) is 12.3. The molecule has 0 heterocycles. The molecule has 4 nitrogen and oxygen atoms in total. The van der Waals surface area contributed by atoms with Crippen molar-refractivity contribution >= 4 is 5.91 Å². The Hall–Kier alpha value is -2.40. The van der Waals surface area contributed by atoms with Crippen LogP contribution in [0.5, 0.6) is 5.75 Å². The summed E-state index contributed by atoms with van der Waals surface area (Å²) in [5.41, 5.74) is 5.34. The zero-order chi connectivity index (χ0) is 15.5. The summed E-state index contributed by atoms with van der Waals surface area (Å²) < 4.78 is 13.7. The zero-order valence-corrected chi connectivity index (χ0v) is 11.6. The number of carbonyl (C=O) groups excluding carboxylic acids is 1. The van der Waals surface area contributed by atoms with Gasteiger partial charge in [0, 0.05) is 6.54 Å². The van der Waals surface area contributed by atoms with Crippen molar-refractivity contribution in [1.29, 1.82) is 0 Å². The number of hydrogen-bond donors (Lipinski definition) is 3. The van der Waals surface area contributed by atoms with Crippen molar-refractivity contribution < 1.29 is 14.3 Å². The van der Waals surface area contributed by atoms with E-state index in [1.807, 2.05) is 30.3 Å². The molecule has 1 unspecified atom stereocenters. The molecule has 0 fully saturated rings. The highest BCUT2D eigenvalue weighted by atomic mass is 19.1. The van der Waals surface area contributed by atoms with Gasteiger partial charge in [-0.15, -0.1) is 0 Å². The van der Waals surface area contributed by atoms with Crippen molar-refractivity contribution in [2.45, 2.75) is 12.5 Å². The maximum absolute atomic E-state index is 13.7. The molecule has 0 saturated heterocycles. The van der Waals surface area contributed by atoms with Crippen molar-refractivity contribution in [2.75, 3.05) is 6.54 Å². The fourth-order valence-electron chi connectivity index (χ4n) is 2.10. The summed E-state index contributed by atoms with van der Waals surface area (Å²) in [5, 5.41) is 12.4. The first-order valence-corrected chi connectivity index (χ1v) is 6.53. The number of aromatic hydroxyl groups is 1. The number of phenolic OH excluding ortho intramolecular Hbond substituents is 1. The van der Waals surface area contributed by atoms with E-state index in [-0.39, 0.29) is 12.1 Å². The molecule has 0 radical (unpaired) electrons. The van der Waals surface area contributed by atoms with Crippen LogP contribution in [0.3, 0.4) is 0 Å². The average Bonchev–Trinajstić information content (AvgIpc) is 2.48. The Balaban J connectivity index is 2.33. The van der Waals surface area contributed by atoms with Gasteiger partial charge < -0.3 is 16.2 Å². The van der Waals surface area contributed by atoms with E-state index in [2.05, 4.69) is 5.32 Å². The van der Waals surface area contributed by atoms with Crippen LogP contribution < -0.4 is 11.1 Å². The van der Waals surface area contributed by atoms with Crippen molar-refractivity contribution in [3.63, 3.8) is 0 Å². The third-order valence-corrected chi connectivity index (χ3v) is 3.43. The van der Waals surface area contributed by atoms with Crippen LogP contribution in [0.2, 0.25) is 0 Å². The van der Waals surface area contributed by atoms with Crippen LogP contribution in [-0.2, 0) is 5.54 Å². The molecule has 21 heavy (non-hydrogen) atoms. The van der Waals surface area contributed by atoms with E-state index in [0.29, 0.717) is 0 Å². The maximum Gasteiger partial charge on any atom is 0.258 e. The lowest BCUT2D eigenvalue weighted by Gasteiger charge is -2.30. The van der Waals surface area contributed by atoms with Gasteiger partial charge in [0.25, 0.3) is 5.91 Å². The van der Waals surface area contributed by atoms with Gasteiger partial charge in [-0.1, -0.05) is 36.4 Å². The van der Waals surface area contributed by atoms with Gasteiger partial charge >= 0.3 is 0 Å². The summed E-state index contributed by atoms with van der Waals surface area (Å²) >= 11 is 0. The summed E-state index contributed by atoms with van der Waals surface area (Å²) in [6.07, 6.45) is 0. The summed E-state index contributed by atoms with van der Waals surface area (Å²) in [7, 11) is 0. The van der Waals surface area contributed by atoms with Gasteiger partial charge in [-0.3, -0.25) is 4.79 Å². The molecule has 0 aliphatic rings. The molecule has 2 rings (SSSR count). The monoisotopic (exact) mass is 288 g/mol. The van der Waals surface area contributed by atoms with Gasteiger partial charge in [0.1, 0.15) is 17.1 Å². The molecular weight excluding hydrogens is 271 g/mol. The summed E-state index contributed by atoms with van der Waals surface area (Å²) in [5.74, 6) is -1.89. The first kappa shape index (κ1) is 15.0. The minimum Gasteiger partial charge on any atom is -0.507 e. The standard InChI is InChI=1S/C16H17FN2O2/c1-16(10-18,11-6-3-2-4-7-11)19-15(21)14-12(17)8-5-9-13(14)20/h2-9,20H,10,18H2,1H3,(H,19,21). The Morgan fingerprint density at radius 1 is 1.24 bits per heavy atom. The Bertz CT molecular complexity index is 626. The largest absolute Gasteiger partial charge is 0.507 e. The molecule has 4 N–H and O–H groups in total. The van der Waals surface area contributed by atoms with Crippen LogP contribution >= 0.6 is 0 Å². The Morgan fingerprint density at radius 3 is 2.48 bits per heavy atom.